The molecule has 0 aromatic heterocycles. The average Bonchev–Trinajstić information content (AvgIpc) is 3.12. The first-order valence-electron chi connectivity index (χ1n) is 15.1. The number of carbonyl (C=O) groups excluding carboxylic acids is 4. The van der Waals surface area contributed by atoms with Crippen LogP contribution < -0.4 is 0 Å². The van der Waals surface area contributed by atoms with E-state index in [0.717, 1.165) is 30.2 Å². The van der Waals surface area contributed by atoms with E-state index < -0.39 is 29.7 Å². The fourth-order valence-corrected chi connectivity index (χ4v) is 3.94. The quantitative estimate of drug-likeness (QED) is 0.0581. The Balaban J connectivity index is 2.16. The molecule has 3 aromatic carbocycles. The molecule has 51 heavy (non-hydrogen) atoms. The third-order valence-corrected chi connectivity index (χ3v) is 6.54. The SMILES string of the molecule is C=CC(=O)OC=Cc1ccc(C#Cc2cc(C=COC(=O)C(=C)C)c(-c3ccc(C=COC(=O)C=C)cc3)c(F)c2C=COC(=O)C(=C)C)cc1. The molecule has 256 valence electrons. The fraction of sp³-hybridized carbons (Fsp3) is 0.0476. The van der Waals surface area contributed by atoms with Gasteiger partial charge in [-0.25, -0.2) is 23.6 Å². The van der Waals surface area contributed by atoms with E-state index in [4.69, 9.17) is 18.9 Å². The molecular formula is C42H33FO8. The summed E-state index contributed by atoms with van der Waals surface area (Å²) < 4.78 is 36.7. The smallest absolute Gasteiger partial charge is 0.337 e. The Morgan fingerprint density at radius 3 is 1.61 bits per heavy atom. The number of ether oxygens (including phenoxy) is 4. The van der Waals surface area contributed by atoms with Crippen molar-refractivity contribution >= 4 is 48.2 Å². The van der Waals surface area contributed by atoms with Crippen LogP contribution in [0.4, 0.5) is 4.39 Å². The molecule has 0 unspecified atom stereocenters. The zero-order valence-corrected chi connectivity index (χ0v) is 27.9. The number of hydrogen-bond donors (Lipinski definition) is 0. The van der Waals surface area contributed by atoms with Gasteiger partial charge in [0.15, 0.2) is 0 Å². The van der Waals surface area contributed by atoms with Crippen molar-refractivity contribution in [1.29, 1.82) is 0 Å². The largest absolute Gasteiger partial charge is 0.431 e. The van der Waals surface area contributed by atoms with E-state index in [1.807, 2.05) is 0 Å². The topological polar surface area (TPSA) is 105 Å². The second-order valence-corrected chi connectivity index (χ2v) is 10.5. The highest BCUT2D eigenvalue weighted by Crippen LogP contribution is 2.33. The highest BCUT2D eigenvalue weighted by Gasteiger charge is 2.18. The molecule has 0 saturated heterocycles. The second kappa shape index (κ2) is 19.1. The van der Waals surface area contributed by atoms with Crippen molar-refractivity contribution in [2.24, 2.45) is 0 Å². The summed E-state index contributed by atoms with van der Waals surface area (Å²) in [5.74, 6) is 2.70. The first kappa shape index (κ1) is 38.4. The maximum absolute atomic E-state index is 16.7. The summed E-state index contributed by atoms with van der Waals surface area (Å²) in [6.45, 7) is 16.8. The summed E-state index contributed by atoms with van der Waals surface area (Å²) in [5.41, 5.74) is 3.37. The van der Waals surface area contributed by atoms with Gasteiger partial charge in [-0.2, -0.15) is 0 Å². The van der Waals surface area contributed by atoms with Gasteiger partial charge in [0.2, 0.25) is 0 Å². The molecule has 0 radical (unpaired) electrons. The first-order chi connectivity index (χ1) is 24.4. The molecule has 0 fully saturated rings. The van der Waals surface area contributed by atoms with Crippen LogP contribution in [-0.4, -0.2) is 23.9 Å². The lowest BCUT2D eigenvalue weighted by atomic mass is 9.92. The molecule has 0 aliphatic carbocycles. The predicted octanol–water partition coefficient (Wildman–Crippen LogP) is 8.47. The van der Waals surface area contributed by atoms with Gasteiger partial charge < -0.3 is 18.9 Å². The number of benzene rings is 3. The third-order valence-electron chi connectivity index (χ3n) is 6.54. The zero-order chi connectivity index (χ0) is 37.3. The molecule has 9 heteroatoms. The van der Waals surface area contributed by atoms with Crippen LogP contribution in [0.1, 0.15) is 47.2 Å². The third kappa shape index (κ3) is 11.9. The molecule has 0 atom stereocenters. The van der Waals surface area contributed by atoms with E-state index in [1.165, 1.54) is 38.5 Å². The monoisotopic (exact) mass is 684 g/mol. The minimum atomic E-state index is -0.715. The van der Waals surface area contributed by atoms with Crippen LogP contribution in [-0.2, 0) is 38.1 Å². The van der Waals surface area contributed by atoms with Crippen LogP contribution in [0.5, 0.6) is 0 Å². The molecule has 0 aliphatic rings. The first-order valence-corrected chi connectivity index (χ1v) is 15.1. The standard InChI is InChI=1S/C42H33FO8/c1-7-37(44)48-23-19-31-11-9-30(10-12-31)15-18-34-27-35(21-25-50-41(46)28(3)4)39(40(43)36(34)22-26-51-42(47)29(5)6)33-16-13-32(14-17-33)20-24-49-38(45)8-2/h7-14,16-17,19-27H,1-3,5H2,4,6H3. The van der Waals surface area contributed by atoms with Gasteiger partial charge in [0.1, 0.15) is 5.82 Å². The number of halogens is 1. The molecule has 0 heterocycles. The average molecular weight is 685 g/mol. The van der Waals surface area contributed by atoms with E-state index in [2.05, 4.69) is 38.2 Å². The van der Waals surface area contributed by atoms with Gasteiger partial charge in [-0.05, 0) is 78.6 Å². The van der Waals surface area contributed by atoms with Gasteiger partial charge in [-0.3, -0.25) is 0 Å². The van der Waals surface area contributed by atoms with Crippen LogP contribution in [0.3, 0.4) is 0 Å². The molecule has 0 N–H and O–H groups in total. The number of carbonyl (C=O) groups is 4. The van der Waals surface area contributed by atoms with Gasteiger partial charge in [0.25, 0.3) is 0 Å². The van der Waals surface area contributed by atoms with Crippen molar-refractivity contribution in [1.82, 2.24) is 0 Å². The molecular weight excluding hydrogens is 651 g/mol. The highest BCUT2D eigenvalue weighted by atomic mass is 19.1. The predicted molar refractivity (Wildman–Crippen MR) is 195 cm³/mol. The number of esters is 4. The Morgan fingerprint density at radius 1 is 0.647 bits per heavy atom. The normalized spacial score (nSPS) is 10.8. The van der Waals surface area contributed by atoms with Gasteiger partial charge in [-0.15, -0.1) is 0 Å². The second-order valence-electron chi connectivity index (χ2n) is 10.5. The van der Waals surface area contributed by atoms with Gasteiger partial charge in [-0.1, -0.05) is 74.6 Å². The summed E-state index contributed by atoms with van der Waals surface area (Å²) in [5, 5.41) is 0. The Labute approximate surface area is 295 Å². The summed E-state index contributed by atoms with van der Waals surface area (Å²) in [6.07, 6.45) is 12.5. The summed E-state index contributed by atoms with van der Waals surface area (Å²) >= 11 is 0. The van der Waals surface area contributed by atoms with Gasteiger partial charge in [0, 0.05) is 45.6 Å². The van der Waals surface area contributed by atoms with Crippen molar-refractivity contribution in [3.63, 3.8) is 0 Å². The van der Waals surface area contributed by atoms with E-state index >= 15 is 4.39 Å². The lowest BCUT2D eigenvalue weighted by Gasteiger charge is -2.14. The van der Waals surface area contributed by atoms with E-state index in [9.17, 15) is 19.2 Å². The number of hydrogen-bond acceptors (Lipinski definition) is 8. The number of rotatable bonds is 13. The van der Waals surface area contributed by atoms with Crippen LogP contribution >= 0.6 is 0 Å². The fourth-order valence-electron chi connectivity index (χ4n) is 3.94. The molecule has 8 nitrogen and oxygen atoms in total. The van der Waals surface area contributed by atoms with E-state index in [1.54, 1.807) is 66.7 Å². The summed E-state index contributed by atoms with van der Waals surface area (Å²) in [7, 11) is 0. The minimum absolute atomic E-state index is 0.00648. The van der Waals surface area contributed by atoms with Crippen LogP contribution in [0.2, 0.25) is 0 Å². The van der Waals surface area contributed by atoms with Gasteiger partial charge >= 0.3 is 23.9 Å². The maximum atomic E-state index is 16.7. The lowest BCUT2D eigenvalue weighted by molar-refractivity contribution is -0.134. The van der Waals surface area contributed by atoms with Crippen molar-refractivity contribution < 1.29 is 42.5 Å². The summed E-state index contributed by atoms with van der Waals surface area (Å²) in [4.78, 5) is 46.7. The van der Waals surface area contributed by atoms with Crippen molar-refractivity contribution in [2.75, 3.05) is 0 Å². The van der Waals surface area contributed by atoms with E-state index in [-0.39, 0.29) is 27.8 Å². The van der Waals surface area contributed by atoms with Crippen LogP contribution in [0.15, 0.2) is 129 Å². The molecule has 3 aromatic rings. The van der Waals surface area contributed by atoms with Crippen LogP contribution in [0.25, 0.3) is 35.4 Å². The minimum Gasteiger partial charge on any atom is -0.431 e. The lowest BCUT2D eigenvalue weighted by Crippen LogP contribution is -2.01. The molecule has 0 bridgehead atoms. The zero-order valence-electron chi connectivity index (χ0n) is 27.9. The Kier molecular flexibility index (Phi) is 14.4. The van der Waals surface area contributed by atoms with Crippen molar-refractivity contribution in [2.45, 2.75) is 13.8 Å². The summed E-state index contributed by atoms with van der Waals surface area (Å²) in [6, 6.07) is 15.2. The molecule has 3 rings (SSSR count). The Hall–Kier alpha value is -7.05. The molecule has 0 saturated carbocycles. The molecule has 0 spiro atoms. The van der Waals surface area contributed by atoms with Crippen molar-refractivity contribution in [3.05, 3.63) is 168 Å². The maximum Gasteiger partial charge on any atom is 0.337 e. The Morgan fingerprint density at radius 2 is 1.12 bits per heavy atom. The van der Waals surface area contributed by atoms with E-state index in [0.29, 0.717) is 22.3 Å². The van der Waals surface area contributed by atoms with Crippen LogP contribution in [0, 0.1) is 17.7 Å². The molecule has 0 aliphatic heterocycles. The highest BCUT2D eigenvalue weighted by molar-refractivity contribution is 5.89. The van der Waals surface area contributed by atoms with Crippen molar-refractivity contribution in [3.8, 4) is 23.0 Å². The molecule has 0 amide bonds. The van der Waals surface area contributed by atoms with Gasteiger partial charge in [0.05, 0.1) is 25.0 Å². The Bertz CT molecular complexity index is 2050.